The lowest BCUT2D eigenvalue weighted by Crippen LogP contribution is -2.19. The van der Waals surface area contributed by atoms with Crippen LogP contribution in [-0.2, 0) is 6.54 Å². The van der Waals surface area contributed by atoms with E-state index in [2.05, 4.69) is 16.1 Å². The van der Waals surface area contributed by atoms with Crippen LogP contribution in [0.1, 0.15) is 9.75 Å². The van der Waals surface area contributed by atoms with Gasteiger partial charge in [0, 0.05) is 22.0 Å². The third kappa shape index (κ3) is 4.77. The Bertz CT molecular complexity index is 548. The molecule has 0 saturated carbocycles. The maximum absolute atomic E-state index is 12.0. The third-order valence-electron chi connectivity index (χ3n) is 2.52. The van der Waals surface area contributed by atoms with Crippen LogP contribution in [0.3, 0.4) is 0 Å². The normalized spacial score (nSPS) is 11.4. The zero-order chi connectivity index (χ0) is 14.6. The van der Waals surface area contributed by atoms with Crippen LogP contribution in [0, 0.1) is 6.92 Å². The van der Waals surface area contributed by atoms with E-state index >= 15 is 0 Å². The molecule has 0 aliphatic rings. The van der Waals surface area contributed by atoms with Crippen LogP contribution in [0.15, 0.2) is 36.4 Å². The van der Waals surface area contributed by atoms with Gasteiger partial charge in [0.2, 0.25) is 0 Å². The molecule has 1 heterocycles. The number of aryl methyl sites for hydroxylation is 1. The van der Waals surface area contributed by atoms with Crippen LogP contribution in [0.2, 0.25) is 0 Å². The largest absolute Gasteiger partial charge is 0.484 e. The highest BCUT2D eigenvalue weighted by atomic mass is 32.1. The molecule has 0 radical (unpaired) electrons. The molecule has 0 saturated heterocycles. The monoisotopic (exact) mass is 301 g/mol. The quantitative estimate of drug-likeness (QED) is 0.870. The number of nitrogens with one attached hydrogen (secondary N) is 1. The van der Waals surface area contributed by atoms with Crippen LogP contribution >= 0.6 is 11.3 Å². The molecule has 6 heteroatoms. The predicted octanol–water partition coefficient (Wildman–Crippen LogP) is 4.61. The summed E-state index contributed by atoms with van der Waals surface area (Å²) in [5, 5.41) is 3.21. The first-order chi connectivity index (χ1) is 9.42. The van der Waals surface area contributed by atoms with Crippen molar-refractivity contribution in [2.24, 2.45) is 0 Å². The van der Waals surface area contributed by atoms with Gasteiger partial charge in [-0.2, -0.15) is 13.2 Å². The molecule has 0 atom stereocenters. The molecule has 0 unspecified atom stereocenters. The summed E-state index contributed by atoms with van der Waals surface area (Å²) in [6, 6.07) is 10.5. The summed E-state index contributed by atoms with van der Waals surface area (Å²) in [6.45, 7) is 1.47. The van der Waals surface area contributed by atoms with Crippen LogP contribution in [0.4, 0.5) is 18.9 Å². The molecule has 1 N–H and O–H groups in total. The highest BCUT2D eigenvalue weighted by Crippen LogP contribution is 2.21. The average Bonchev–Trinajstić information content (AvgIpc) is 2.80. The summed E-state index contributed by atoms with van der Waals surface area (Å²) in [7, 11) is 0. The molecule has 0 bridgehead atoms. The fourth-order valence-corrected chi connectivity index (χ4v) is 2.43. The topological polar surface area (TPSA) is 21.3 Å². The summed E-state index contributed by atoms with van der Waals surface area (Å²) in [4.78, 5) is 2.46. The van der Waals surface area contributed by atoms with E-state index in [-0.39, 0.29) is 5.75 Å². The minimum atomic E-state index is -4.31. The van der Waals surface area contributed by atoms with Crippen molar-refractivity contribution < 1.29 is 17.9 Å². The van der Waals surface area contributed by atoms with E-state index < -0.39 is 12.8 Å². The SMILES string of the molecule is Cc1ccc(CNc2ccc(OCC(F)(F)F)cc2)s1. The van der Waals surface area contributed by atoms with Gasteiger partial charge in [0.05, 0.1) is 0 Å². The summed E-state index contributed by atoms with van der Waals surface area (Å²) < 4.78 is 40.6. The minimum absolute atomic E-state index is 0.208. The van der Waals surface area contributed by atoms with Crippen molar-refractivity contribution in [2.75, 3.05) is 11.9 Å². The second-order valence-corrected chi connectivity index (χ2v) is 5.67. The zero-order valence-electron chi connectivity index (χ0n) is 10.8. The Labute approximate surface area is 119 Å². The number of anilines is 1. The van der Waals surface area contributed by atoms with Crippen molar-refractivity contribution in [3.63, 3.8) is 0 Å². The molecule has 1 aromatic heterocycles. The molecule has 0 fully saturated rings. The van der Waals surface area contributed by atoms with Crippen molar-refractivity contribution in [3.8, 4) is 5.75 Å². The van der Waals surface area contributed by atoms with Gasteiger partial charge in [0.25, 0.3) is 0 Å². The van der Waals surface area contributed by atoms with Gasteiger partial charge in [-0.3, -0.25) is 0 Å². The molecule has 0 spiro atoms. The highest BCUT2D eigenvalue weighted by molar-refractivity contribution is 7.11. The van der Waals surface area contributed by atoms with Gasteiger partial charge in [0.1, 0.15) is 5.75 Å². The first-order valence-corrected chi connectivity index (χ1v) is 6.83. The fourth-order valence-electron chi connectivity index (χ4n) is 1.60. The molecule has 0 aliphatic carbocycles. The number of alkyl halides is 3. The minimum Gasteiger partial charge on any atom is -0.484 e. The lowest BCUT2D eigenvalue weighted by Gasteiger charge is -2.10. The average molecular weight is 301 g/mol. The number of benzene rings is 1. The molecular formula is C14H14F3NOS. The molecular weight excluding hydrogens is 287 g/mol. The van der Waals surface area contributed by atoms with Gasteiger partial charge in [0.15, 0.2) is 6.61 Å². The summed E-state index contributed by atoms with van der Waals surface area (Å²) in [6.07, 6.45) is -4.31. The van der Waals surface area contributed by atoms with E-state index in [0.29, 0.717) is 6.54 Å². The second-order valence-electron chi connectivity index (χ2n) is 4.29. The van der Waals surface area contributed by atoms with E-state index in [1.807, 2.05) is 13.0 Å². The number of thiophene rings is 1. The summed E-state index contributed by atoms with van der Waals surface area (Å²) >= 11 is 1.71. The van der Waals surface area contributed by atoms with Gasteiger partial charge in [-0.1, -0.05) is 0 Å². The number of halogens is 3. The molecule has 2 rings (SSSR count). The summed E-state index contributed by atoms with van der Waals surface area (Å²) in [5.41, 5.74) is 0.843. The standard InChI is InChI=1S/C14H14F3NOS/c1-10-2-7-13(20-10)8-18-11-3-5-12(6-4-11)19-9-14(15,16)17/h2-7,18H,8-9H2,1H3. The Balaban J connectivity index is 1.85. The van der Waals surface area contributed by atoms with Crippen molar-refractivity contribution in [1.82, 2.24) is 0 Å². The Morgan fingerprint density at radius 1 is 1.10 bits per heavy atom. The van der Waals surface area contributed by atoms with Crippen molar-refractivity contribution in [3.05, 3.63) is 46.2 Å². The maximum Gasteiger partial charge on any atom is 0.422 e. The van der Waals surface area contributed by atoms with E-state index in [1.165, 1.54) is 21.9 Å². The third-order valence-corrected chi connectivity index (χ3v) is 3.52. The number of hydrogen-bond acceptors (Lipinski definition) is 3. The van der Waals surface area contributed by atoms with Gasteiger partial charge in [-0.15, -0.1) is 11.3 Å². The van der Waals surface area contributed by atoms with Crippen molar-refractivity contribution in [2.45, 2.75) is 19.6 Å². The van der Waals surface area contributed by atoms with Crippen LogP contribution in [0.25, 0.3) is 0 Å². The molecule has 2 aromatic rings. The van der Waals surface area contributed by atoms with Gasteiger partial charge in [-0.25, -0.2) is 0 Å². The lowest BCUT2D eigenvalue weighted by molar-refractivity contribution is -0.153. The van der Waals surface area contributed by atoms with Crippen LogP contribution in [-0.4, -0.2) is 12.8 Å². The van der Waals surface area contributed by atoms with Crippen molar-refractivity contribution >= 4 is 17.0 Å². The van der Waals surface area contributed by atoms with E-state index in [1.54, 1.807) is 23.5 Å². The summed E-state index contributed by atoms with van der Waals surface area (Å²) in [5.74, 6) is 0.208. The van der Waals surface area contributed by atoms with Gasteiger partial charge < -0.3 is 10.1 Å². The molecule has 2 nitrogen and oxygen atoms in total. The second kappa shape index (κ2) is 6.17. The van der Waals surface area contributed by atoms with E-state index in [4.69, 9.17) is 0 Å². The maximum atomic E-state index is 12.0. The van der Waals surface area contributed by atoms with E-state index in [9.17, 15) is 13.2 Å². The number of ether oxygens (including phenoxy) is 1. The lowest BCUT2D eigenvalue weighted by atomic mass is 10.3. The van der Waals surface area contributed by atoms with Crippen molar-refractivity contribution in [1.29, 1.82) is 0 Å². The molecule has 0 amide bonds. The van der Waals surface area contributed by atoms with Crippen LogP contribution < -0.4 is 10.1 Å². The molecule has 1 aromatic carbocycles. The fraction of sp³-hybridized carbons (Fsp3) is 0.286. The predicted molar refractivity (Wildman–Crippen MR) is 74.4 cm³/mol. The Kier molecular flexibility index (Phi) is 4.54. The first-order valence-electron chi connectivity index (χ1n) is 6.01. The Morgan fingerprint density at radius 2 is 1.80 bits per heavy atom. The molecule has 108 valence electrons. The smallest absolute Gasteiger partial charge is 0.422 e. The zero-order valence-corrected chi connectivity index (χ0v) is 11.6. The first kappa shape index (κ1) is 14.7. The highest BCUT2D eigenvalue weighted by Gasteiger charge is 2.28. The van der Waals surface area contributed by atoms with Gasteiger partial charge in [-0.05, 0) is 43.3 Å². The number of hydrogen-bond donors (Lipinski definition) is 1. The number of rotatable bonds is 5. The van der Waals surface area contributed by atoms with E-state index in [0.717, 1.165) is 5.69 Å². The Hall–Kier alpha value is -1.69. The molecule has 0 aliphatic heterocycles. The van der Waals surface area contributed by atoms with Gasteiger partial charge >= 0.3 is 6.18 Å². The van der Waals surface area contributed by atoms with Crippen LogP contribution in [0.5, 0.6) is 5.75 Å². The Morgan fingerprint density at radius 3 is 2.35 bits per heavy atom. The molecule has 20 heavy (non-hydrogen) atoms.